The Balaban J connectivity index is 1.31. The second-order valence-electron chi connectivity index (χ2n) is 8.05. The average molecular weight is 461 g/mol. The molecular formula is C25H21F2N5O2. The molecule has 4 aromatic rings. The molecule has 5 rings (SSSR count). The molecule has 0 bridgehead atoms. The van der Waals surface area contributed by atoms with Crippen LogP contribution in [0.5, 0.6) is 5.88 Å². The van der Waals surface area contributed by atoms with Crippen LogP contribution in [0.25, 0.3) is 22.8 Å². The van der Waals surface area contributed by atoms with Gasteiger partial charge in [0.15, 0.2) is 11.6 Å². The van der Waals surface area contributed by atoms with Gasteiger partial charge < -0.3 is 10.1 Å². The molecule has 1 unspecified atom stereocenters. The first-order valence-corrected chi connectivity index (χ1v) is 10.8. The Morgan fingerprint density at radius 1 is 1.21 bits per heavy atom. The summed E-state index contributed by atoms with van der Waals surface area (Å²) in [5.74, 6) is -1.66. The number of rotatable bonds is 5. The minimum Gasteiger partial charge on any atom is -0.481 e. The van der Waals surface area contributed by atoms with Gasteiger partial charge in [0.05, 0.1) is 24.0 Å². The Kier molecular flexibility index (Phi) is 5.75. The van der Waals surface area contributed by atoms with Crippen LogP contribution in [0.15, 0.2) is 54.9 Å². The summed E-state index contributed by atoms with van der Waals surface area (Å²) in [4.78, 5) is 21.3. The maximum Gasteiger partial charge on any atom is 0.244 e. The number of halogens is 2. The Morgan fingerprint density at radius 3 is 2.91 bits per heavy atom. The third-order valence-corrected chi connectivity index (χ3v) is 5.78. The highest BCUT2D eigenvalue weighted by atomic mass is 19.2. The normalized spacial score (nSPS) is 15.4. The number of fused-ring (bicyclic) bond motifs is 2. The number of aryl methyl sites for hydroxylation is 1. The Labute approximate surface area is 194 Å². The van der Waals surface area contributed by atoms with Crippen molar-refractivity contribution in [3.63, 3.8) is 0 Å². The van der Waals surface area contributed by atoms with Crippen molar-refractivity contribution >= 4 is 23.0 Å². The summed E-state index contributed by atoms with van der Waals surface area (Å²) in [5, 5.41) is 7.73. The summed E-state index contributed by atoms with van der Waals surface area (Å²) in [6.07, 6.45) is 8.57. The lowest BCUT2D eigenvalue weighted by Crippen LogP contribution is -2.37. The van der Waals surface area contributed by atoms with Gasteiger partial charge in [0, 0.05) is 30.6 Å². The topological polar surface area (TPSA) is 81.9 Å². The van der Waals surface area contributed by atoms with Gasteiger partial charge in [-0.1, -0.05) is 6.07 Å². The van der Waals surface area contributed by atoms with Gasteiger partial charge in [0.2, 0.25) is 11.8 Å². The third kappa shape index (κ3) is 4.36. The molecule has 9 heteroatoms. The summed E-state index contributed by atoms with van der Waals surface area (Å²) in [6.45, 7) is 0. The highest BCUT2D eigenvalue weighted by molar-refractivity contribution is 5.92. The lowest BCUT2D eigenvalue weighted by atomic mass is 9.93. The van der Waals surface area contributed by atoms with E-state index in [0.717, 1.165) is 47.4 Å². The number of hydrogen-bond donors (Lipinski definition) is 1. The quantitative estimate of drug-likeness (QED) is 0.458. The molecule has 0 saturated heterocycles. The second-order valence-corrected chi connectivity index (χ2v) is 8.05. The van der Waals surface area contributed by atoms with Crippen LogP contribution in [0.3, 0.4) is 0 Å². The number of methoxy groups -OCH3 is 1. The SMILES string of the molecule is COc1ccc2nccc(-n3cc4c(n3)CCC(NC(=O)/C=C/c3ccc(F)c(F)c3)C4)c2n1. The van der Waals surface area contributed by atoms with Gasteiger partial charge in [-0.3, -0.25) is 9.78 Å². The molecule has 3 heterocycles. The van der Waals surface area contributed by atoms with E-state index in [-0.39, 0.29) is 11.9 Å². The molecule has 1 aliphatic rings. The minimum absolute atomic E-state index is 0.0559. The van der Waals surface area contributed by atoms with E-state index in [1.165, 1.54) is 18.2 Å². The largest absolute Gasteiger partial charge is 0.481 e. The van der Waals surface area contributed by atoms with Gasteiger partial charge >= 0.3 is 0 Å². The molecule has 1 atom stereocenters. The molecule has 0 aliphatic heterocycles. The van der Waals surface area contributed by atoms with E-state index in [1.54, 1.807) is 24.1 Å². The zero-order valence-corrected chi connectivity index (χ0v) is 18.3. The van der Waals surface area contributed by atoms with E-state index in [2.05, 4.69) is 15.3 Å². The van der Waals surface area contributed by atoms with Crippen LogP contribution in [0.4, 0.5) is 8.78 Å². The number of pyridine rings is 2. The zero-order chi connectivity index (χ0) is 23.7. The van der Waals surface area contributed by atoms with Crippen molar-refractivity contribution in [2.75, 3.05) is 7.11 Å². The fraction of sp³-hybridized carbons (Fsp3) is 0.200. The van der Waals surface area contributed by atoms with E-state index < -0.39 is 11.6 Å². The first-order valence-electron chi connectivity index (χ1n) is 10.8. The number of carbonyl (C=O) groups excluding carboxylic acids is 1. The second kappa shape index (κ2) is 9.01. The maximum absolute atomic E-state index is 13.3. The van der Waals surface area contributed by atoms with Crippen molar-refractivity contribution in [3.05, 3.63) is 83.3 Å². The number of hydrogen-bond acceptors (Lipinski definition) is 5. The standard InChI is InChI=1S/C25H21F2N5O2/c1-34-24-9-7-21-25(30-24)22(10-11-28-21)32-14-16-13-17(4-6-20(16)31-32)29-23(33)8-3-15-2-5-18(26)19(27)12-15/h2-3,5,7-12,14,17H,4,6,13H2,1H3,(H,29,33)/b8-3+. The van der Waals surface area contributed by atoms with Crippen LogP contribution < -0.4 is 10.1 Å². The molecular weight excluding hydrogens is 440 g/mol. The fourth-order valence-corrected chi connectivity index (χ4v) is 4.08. The smallest absolute Gasteiger partial charge is 0.244 e. The Hall–Kier alpha value is -4.14. The van der Waals surface area contributed by atoms with Crippen molar-refractivity contribution in [2.24, 2.45) is 0 Å². The predicted molar refractivity (Wildman–Crippen MR) is 123 cm³/mol. The van der Waals surface area contributed by atoms with Gasteiger partial charge in [0.25, 0.3) is 0 Å². The lowest BCUT2D eigenvalue weighted by molar-refractivity contribution is -0.117. The van der Waals surface area contributed by atoms with Crippen molar-refractivity contribution in [3.8, 4) is 11.6 Å². The van der Waals surface area contributed by atoms with Crippen molar-refractivity contribution in [1.82, 2.24) is 25.1 Å². The Morgan fingerprint density at radius 2 is 2.09 bits per heavy atom. The van der Waals surface area contributed by atoms with Gasteiger partial charge in [-0.2, -0.15) is 5.10 Å². The summed E-state index contributed by atoms with van der Waals surface area (Å²) in [5.41, 5.74) is 4.67. The predicted octanol–water partition coefficient (Wildman–Crippen LogP) is 3.79. The van der Waals surface area contributed by atoms with Crippen LogP contribution in [0, 0.1) is 11.6 Å². The molecule has 34 heavy (non-hydrogen) atoms. The maximum atomic E-state index is 13.3. The molecule has 0 saturated carbocycles. The molecule has 0 radical (unpaired) electrons. The van der Waals surface area contributed by atoms with E-state index in [1.807, 2.05) is 18.3 Å². The molecule has 1 aliphatic carbocycles. The first kappa shape index (κ1) is 21.7. The Bertz CT molecular complexity index is 1420. The summed E-state index contributed by atoms with van der Waals surface area (Å²) in [6, 6.07) is 8.92. The molecule has 7 nitrogen and oxygen atoms in total. The first-order chi connectivity index (χ1) is 16.5. The van der Waals surface area contributed by atoms with Gasteiger partial charge in [0.1, 0.15) is 5.52 Å². The number of amides is 1. The van der Waals surface area contributed by atoms with Gasteiger partial charge in [-0.15, -0.1) is 0 Å². The molecule has 1 N–H and O–H groups in total. The van der Waals surface area contributed by atoms with Crippen molar-refractivity contribution < 1.29 is 18.3 Å². The van der Waals surface area contributed by atoms with Crippen LogP contribution >= 0.6 is 0 Å². The van der Waals surface area contributed by atoms with Crippen LogP contribution in [0.1, 0.15) is 23.2 Å². The molecule has 0 spiro atoms. The number of benzene rings is 1. The van der Waals surface area contributed by atoms with E-state index in [0.29, 0.717) is 23.4 Å². The van der Waals surface area contributed by atoms with Crippen LogP contribution in [-0.2, 0) is 17.6 Å². The summed E-state index contributed by atoms with van der Waals surface area (Å²) >= 11 is 0. The molecule has 1 aromatic carbocycles. The van der Waals surface area contributed by atoms with Crippen LogP contribution in [-0.4, -0.2) is 38.8 Å². The summed E-state index contributed by atoms with van der Waals surface area (Å²) in [7, 11) is 1.57. The number of nitrogens with zero attached hydrogens (tertiary/aromatic N) is 4. The molecule has 0 fully saturated rings. The number of aromatic nitrogens is 4. The van der Waals surface area contributed by atoms with E-state index in [4.69, 9.17) is 9.84 Å². The monoisotopic (exact) mass is 461 g/mol. The highest BCUT2D eigenvalue weighted by Gasteiger charge is 2.23. The molecule has 172 valence electrons. The fourth-order valence-electron chi connectivity index (χ4n) is 4.08. The number of ether oxygens (including phenoxy) is 1. The third-order valence-electron chi connectivity index (χ3n) is 5.78. The zero-order valence-electron chi connectivity index (χ0n) is 18.3. The molecule has 1 amide bonds. The number of nitrogens with one attached hydrogen (secondary N) is 1. The summed E-state index contributed by atoms with van der Waals surface area (Å²) < 4.78 is 33.4. The number of carbonyl (C=O) groups is 1. The van der Waals surface area contributed by atoms with E-state index in [9.17, 15) is 13.6 Å². The average Bonchev–Trinajstić information content (AvgIpc) is 3.27. The van der Waals surface area contributed by atoms with Gasteiger partial charge in [-0.25, -0.2) is 18.4 Å². The molecule has 3 aromatic heterocycles. The van der Waals surface area contributed by atoms with Crippen molar-refractivity contribution in [2.45, 2.75) is 25.3 Å². The highest BCUT2D eigenvalue weighted by Crippen LogP contribution is 2.25. The van der Waals surface area contributed by atoms with Crippen LogP contribution in [0.2, 0.25) is 0 Å². The lowest BCUT2D eigenvalue weighted by Gasteiger charge is -2.21. The van der Waals surface area contributed by atoms with Gasteiger partial charge in [-0.05, 0) is 60.7 Å². The minimum atomic E-state index is -0.949. The van der Waals surface area contributed by atoms with Crippen molar-refractivity contribution in [1.29, 1.82) is 0 Å². The van der Waals surface area contributed by atoms with E-state index >= 15 is 0 Å².